The Morgan fingerprint density at radius 1 is 1.64 bits per heavy atom. The molecule has 0 amide bonds. The van der Waals surface area contributed by atoms with E-state index in [9.17, 15) is 5.11 Å². The summed E-state index contributed by atoms with van der Waals surface area (Å²) in [5, 5.41) is 9.71. The van der Waals surface area contributed by atoms with E-state index in [-0.39, 0.29) is 0 Å². The van der Waals surface area contributed by atoms with Gasteiger partial charge in [-0.25, -0.2) is 4.98 Å². The van der Waals surface area contributed by atoms with Crippen LogP contribution in [0.15, 0.2) is 10.7 Å². The lowest BCUT2D eigenvalue weighted by atomic mass is 10.2. The van der Waals surface area contributed by atoms with Crippen LogP contribution in [0.1, 0.15) is 49.1 Å². The van der Waals surface area contributed by atoms with Crippen LogP contribution >= 0.6 is 11.8 Å². The molecular weight excluding hydrogens is 198 g/mol. The van der Waals surface area contributed by atoms with E-state index in [2.05, 4.69) is 4.98 Å². The summed E-state index contributed by atoms with van der Waals surface area (Å²) in [6.45, 7) is 1.70. The summed E-state index contributed by atoms with van der Waals surface area (Å²) in [5.41, 5.74) is 0.645. The first-order chi connectivity index (χ1) is 6.77. The first-order valence-electron chi connectivity index (χ1n) is 5.02. The fourth-order valence-corrected chi connectivity index (χ4v) is 2.82. The van der Waals surface area contributed by atoms with Gasteiger partial charge in [0, 0.05) is 0 Å². The van der Waals surface area contributed by atoms with E-state index in [1.165, 1.54) is 18.6 Å². The van der Waals surface area contributed by atoms with Crippen LogP contribution in [-0.4, -0.2) is 15.8 Å². The van der Waals surface area contributed by atoms with Gasteiger partial charge in [0.1, 0.15) is 12.0 Å². The van der Waals surface area contributed by atoms with Crippen LogP contribution in [0.3, 0.4) is 0 Å². The topological polar surface area (TPSA) is 46.3 Å². The van der Waals surface area contributed by atoms with Crippen LogP contribution in [0.2, 0.25) is 0 Å². The Morgan fingerprint density at radius 2 is 2.50 bits per heavy atom. The molecule has 0 aliphatic carbocycles. The van der Waals surface area contributed by atoms with Gasteiger partial charge in [-0.1, -0.05) is 6.42 Å². The summed E-state index contributed by atoms with van der Waals surface area (Å²) in [4.78, 5) is 4.30. The second-order valence-electron chi connectivity index (χ2n) is 3.64. The average molecular weight is 213 g/mol. The van der Waals surface area contributed by atoms with Crippen molar-refractivity contribution < 1.29 is 9.52 Å². The van der Waals surface area contributed by atoms with Gasteiger partial charge in [-0.2, -0.15) is 0 Å². The summed E-state index contributed by atoms with van der Waals surface area (Å²) in [6, 6.07) is 0. The molecule has 78 valence electrons. The maximum Gasteiger partial charge on any atom is 0.207 e. The maximum atomic E-state index is 9.31. The molecule has 0 saturated carbocycles. The minimum absolute atomic E-state index is 0.399. The molecule has 4 heteroatoms. The zero-order chi connectivity index (χ0) is 9.97. The molecular formula is C10H15NO2S. The van der Waals surface area contributed by atoms with E-state index in [0.29, 0.717) is 10.9 Å². The fraction of sp³-hybridized carbons (Fsp3) is 0.700. The van der Waals surface area contributed by atoms with E-state index in [1.807, 2.05) is 11.8 Å². The molecule has 1 aromatic heterocycles. The van der Waals surface area contributed by atoms with Crippen LogP contribution in [-0.2, 0) is 0 Å². The van der Waals surface area contributed by atoms with Gasteiger partial charge in [0.25, 0.3) is 0 Å². The van der Waals surface area contributed by atoms with Crippen molar-refractivity contribution in [3.05, 3.63) is 17.8 Å². The molecule has 1 aromatic rings. The van der Waals surface area contributed by atoms with Crippen LogP contribution in [0.5, 0.6) is 0 Å². The van der Waals surface area contributed by atoms with Crippen LogP contribution in [0, 0.1) is 0 Å². The lowest BCUT2D eigenvalue weighted by Gasteiger charge is -2.17. The second-order valence-corrected chi connectivity index (χ2v) is 4.95. The molecule has 2 rings (SSSR count). The Bertz CT molecular complexity index is 292. The molecule has 1 aliphatic heterocycles. The lowest BCUT2D eigenvalue weighted by molar-refractivity contribution is 0.194. The first-order valence-corrected chi connectivity index (χ1v) is 6.07. The SMILES string of the molecule is CC(O)c1coc(C2CCCCS2)n1. The van der Waals surface area contributed by atoms with Gasteiger partial charge in [0.15, 0.2) is 0 Å². The predicted molar refractivity (Wildman–Crippen MR) is 56.2 cm³/mol. The summed E-state index contributed by atoms with van der Waals surface area (Å²) in [5.74, 6) is 1.97. The zero-order valence-corrected chi connectivity index (χ0v) is 9.09. The Labute approximate surface area is 87.9 Å². The van der Waals surface area contributed by atoms with E-state index < -0.39 is 6.10 Å². The van der Waals surface area contributed by atoms with E-state index >= 15 is 0 Å². The van der Waals surface area contributed by atoms with Crippen LogP contribution < -0.4 is 0 Å². The molecule has 1 N–H and O–H groups in total. The van der Waals surface area contributed by atoms with Gasteiger partial charge >= 0.3 is 0 Å². The minimum atomic E-state index is -0.527. The quantitative estimate of drug-likeness (QED) is 0.820. The predicted octanol–water partition coefficient (Wildman–Crippen LogP) is 2.69. The lowest BCUT2D eigenvalue weighted by Crippen LogP contribution is -2.02. The molecule has 2 atom stereocenters. The molecule has 0 radical (unpaired) electrons. The van der Waals surface area contributed by atoms with Gasteiger partial charge in [0.2, 0.25) is 5.89 Å². The third kappa shape index (κ3) is 2.12. The van der Waals surface area contributed by atoms with Gasteiger partial charge in [-0.15, -0.1) is 11.8 Å². The highest BCUT2D eigenvalue weighted by molar-refractivity contribution is 7.99. The summed E-state index contributed by atoms with van der Waals surface area (Å²) < 4.78 is 5.37. The Hall–Kier alpha value is -0.480. The maximum absolute atomic E-state index is 9.31. The fourth-order valence-electron chi connectivity index (χ4n) is 1.58. The number of nitrogens with zero attached hydrogens (tertiary/aromatic N) is 1. The van der Waals surface area contributed by atoms with Gasteiger partial charge in [-0.3, -0.25) is 0 Å². The van der Waals surface area contributed by atoms with Crippen molar-refractivity contribution >= 4 is 11.8 Å². The van der Waals surface area contributed by atoms with E-state index in [4.69, 9.17) is 4.42 Å². The standard InChI is InChI=1S/C10H15NO2S/c1-7(12)8-6-13-10(11-8)9-4-2-3-5-14-9/h6-7,9,12H,2-5H2,1H3. The van der Waals surface area contributed by atoms with Gasteiger partial charge in [0.05, 0.1) is 11.4 Å². The average Bonchev–Trinajstić information content (AvgIpc) is 2.68. The summed E-state index contributed by atoms with van der Waals surface area (Å²) >= 11 is 1.90. The minimum Gasteiger partial charge on any atom is -0.447 e. The van der Waals surface area contributed by atoms with Gasteiger partial charge < -0.3 is 9.52 Å². The smallest absolute Gasteiger partial charge is 0.207 e. The van der Waals surface area contributed by atoms with Gasteiger partial charge in [-0.05, 0) is 25.5 Å². The highest BCUT2D eigenvalue weighted by atomic mass is 32.2. The highest BCUT2D eigenvalue weighted by Crippen LogP contribution is 2.37. The number of hydrogen-bond donors (Lipinski definition) is 1. The third-order valence-corrected chi connectivity index (χ3v) is 3.79. The molecule has 2 heterocycles. The van der Waals surface area contributed by atoms with Crippen molar-refractivity contribution in [2.45, 2.75) is 37.5 Å². The Balaban J connectivity index is 2.07. The Morgan fingerprint density at radius 3 is 3.07 bits per heavy atom. The number of hydrogen-bond acceptors (Lipinski definition) is 4. The highest BCUT2D eigenvalue weighted by Gasteiger charge is 2.21. The molecule has 1 fully saturated rings. The summed E-state index contributed by atoms with van der Waals surface area (Å²) in [7, 11) is 0. The van der Waals surface area contributed by atoms with Crippen molar-refractivity contribution in [1.82, 2.24) is 4.98 Å². The molecule has 3 nitrogen and oxygen atoms in total. The normalized spacial score (nSPS) is 24.9. The monoisotopic (exact) mass is 213 g/mol. The van der Waals surface area contributed by atoms with Crippen LogP contribution in [0.4, 0.5) is 0 Å². The molecule has 0 bridgehead atoms. The first kappa shape index (κ1) is 10.1. The van der Waals surface area contributed by atoms with Crippen molar-refractivity contribution in [1.29, 1.82) is 0 Å². The molecule has 0 aromatic carbocycles. The molecule has 2 unspecified atom stereocenters. The van der Waals surface area contributed by atoms with Crippen molar-refractivity contribution in [3.8, 4) is 0 Å². The van der Waals surface area contributed by atoms with Crippen molar-refractivity contribution in [2.75, 3.05) is 5.75 Å². The molecule has 1 saturated heterocycles. The van der Waals surface area contributed by atoms with E-state index in [1.54, 1.807) is 13.2 Å². The largest absolute Gasteiger partial charge is 0.447 e. The second kappa shape index (κ2) is 4.36. The number of thioether (sulfide) groups is 1. The number of oxazole rings is 1. The molecule has 0 spiro atoms. The van der Waals surface area contributed by atoms with Crippen LogP contribution in [0.25, 0.3) is 0 Å². The number of aliphatic hydroxyl groups is 1. The Kier molecular flexibility index (Phi) is 3.13. The van der Waals surface area contributed by atoms with E-state index in [0.717, 1.165) is 12.3 Å². The number of aliphatic hydroxyl groups excluding tert-OH is 1. The number of aromatic nitrogens is 1. The molecule has 1 aliphatic rings. The number of rotatable bonds is 2. The van der Waals surface area contributed by atoms with Crippen molar-refractivity contribution in [2.24, 2.45) is 0 Å². The molecule has 14 heavy (non-hydrogen) atoms. The summed E-state index contributed by atoms with van der Waals surface area (Å²) in [6.07, 6.45) is 4.73. The third-order valence-electron chi connectivity index (χ3n) is 2.42. The van der Waals surface area contributed by atoms with Crippen molar-refractivity contribution in [3.63, 3.8) is 0 Å². The zero-order valence-electron chi connectivity index (χ0n) is 8.27.